The molecule has 0 aliphatic carbocycles. The van der Waals surface area contributed by atoms with Gasteiger partial charge < -0.3 is 20.1 Å². The Kier molecular flexibility index (Phi) is 5.18. The van der Waals surface area contributed by atoms with E-state index in [2.05, 4.69) is 5.32 Å². The highest BCUT2D eigenvalue weighted by Crippen LogP contribution is 2.24. The van der Waals surface area contributed by atoms with Gasteiger partial charge in [0.15, 0.2) is 0 Å². The van der Waals surface area contributed by atoms with E-state index < -0.39 is 12.0 Å². The summed E-state index contributed by atoms with van der Waals surface area (Å²) in [4.78, 5) is 13.2. The number of nitrogens with zero attached hydrogens (tertiary/aromatic N) is 1. The maximum absolute atomic E-state index is 11.2. The summed E-state index contributed by atoms with van der Waals surface area (Å²) in [7, 11) is 5.58. The number of hydrogen-bond donors (Lipinski definition) is 2. The van der Waals surface area contributed by atoms with Crippen LogP contribution in [-0.2, 0) is 9.53 Å². The summed E-state index contributed by atoms with van der Waals surface area (Å²) in [5.74, 6) is -0.398. The molecule has 94 valence electrons. The zero-order valence-corrected chi connectivity index (χ0v) is 10.3. The fourth-order valence-electron chi connectivity index (χ4n) is 2.49. The molecular weight excluding hydrogens is 208 g/mol. The standard InChI is InChI=1S/C11H22N2O3/c1-12-9(11(14)15)10(13(2)3)8-4-6-16-7-5-8/h8-10,12H,4-7H2,1-3H3,(H,14,15). The maximum atomic E-state index is 11.2. The van der Waals surface area contributed by atoms with E-state index >= 15 is 0 Å². The highest BCUT2D eigenvalue weighted by Gasteiger charge is 2.35. The molecule has 2 unspecified atom stereocenters. The first-order valence-corrected chi connectivity index (χ1v) is 5.72. The third-order valence-corrected chi connectivity index (χ3v) is 3.26. The van der Waals surface area contributed by atoms with E-state index in [9.17, 15) is 9.90 Å². The van der Waals surface area contributed by atoms with Gasteiger partial charge in [-0.05, 0) is 39.9 Å². The third-order valence-electron chi connectivity index (χ3n) is 3.26. The zero-order chi connectivity index (χ0) is 12.1. The van der Waals surface area contributed by atoms with Crippen molar-refractivity contribution in [3.8, 4) is 0 Å². The number of carboxylic acids is 1. The SMILES string of the molecule is CNC(C(=O)O)C(C1CCOCC1)N(C)C. The minimum absolute atomic E-state index is 0.0198. The Balaban J connectivity index is 2.75. The topological polar surface area (TPSA) is 61.8 Å². The van der Waals surface area contributed by atoms with Crippen molar-refractivity contribution < 1.29 is 14.6 Å². The van der Waals surface area contributed by atoms with Gasteiger partial charge in [0.05, 0.1) is 0 Å². The molecule has 1 rings (SSSR count). The Morgan fingerprint density at radius 2 is 2.00 bits per heavy atom. The van der Waals surface area contributed by atoms with E-state index in [1.165, 1.54) is 0 Å². The molecule has 0 radical (unpaired) electrons. The van der Waals surface area contributed by atoms with Crippen LogP contribution in [0.2, 0.25) is 0 Å². The minimum Gasteiger partial charge on any atom is -0.480 e. The number of carbonyl (C=O) groups is 1. The van der Waals surface area contributed by atoms with Crippen LogP contribution in [0.4, 0.5) is 0 Å². The predicted octanol–water partition coefficient (Wildman–Crippen LogP) is 0.0158. The van der Waals surface area contributed by atoms with Crippen molar-refractivity contribution in [3.63, 3.8) is 0 Å². The lowest BCUT2D eigenvalue weighted by Gasteiger charge is -2.38. The molecule has 1 saturated heterocycles. The Morgan fingerprint density at radius 3 is 2.38 bits per heavy atom. The lowest BCUT2D eigenvalue weighted by atomic mass is 9.86. The number of nitrogens with one attached hydrogen (secondary N) is 1. The molecule has 0 aromatic heterocycles. The van der Waals surface area contributed by atoms with Gasteiger partial charge in [-0.1, -0.05) is 0 Å². The van der Waals surface area contributed by atoms with Crippen LogP contribution in [0.15, 0.2) is 0 Å². The molecule has 1 aliphatic rings. The Hall–Kier alpha value is -0.650. The summed E-state index contributed by atoms with van der Waals surface area (Å²) < 4.78 is 5.32. The van der Waals surface area contributed by atoms with Gasteiger partial charge in [-0.25, -0.2) is 0 Å². The van der Waals surface area contributed by atoms with Crippen molar-refractivity contribution >= 4 is 5.97 Å². The second-order valence-corrected chi connectivity index (χ2v) is 4.51. The first-order valence-electron chi connectivity index (χ1n) is 5.72. The molecule has 0 aromatic rings. The molecule has 5 nitrogen and oxygen atoms in total. The fraction of sp³-hybridized carbons (Fsp3) is 0.909. The maximum Gasteiger partial charge on any atom is 0.322 e. The van der Waals surface area contributed by atoms with Crippen molar-refractivity contribution in [2.24, 2.45) is 5.92 Å². The molecule has 0 saturated carbocycles. The van der Waals surface area contributed by atoms with E-state index in [-0.39, 0.29) is 6.04 Å². The van der Waals surface area contributed by atoms with Crippen LogP contribution < -0.4 is 5.32 Å². The van der Waals surface area contributed by atoms with E-state index in [1.54, 1.807) is 7.05 Å². The quantitative estimate of drug-likeness (QED) is 0.697. The number of ether oxygens (including phenoxy) is 1. The monoisotopic (exact) mass is 230 g/mol. The van der Waals surface area contributed by atoms with Crippen LogP contribution in [0.25, 0.3) is 0 Å². The van der Waals surface area contributed by atoms with Crippen molar-refractivity contribution in [2.75, 3.05) is 34.4 Å². The van der Waals surface area contributed by atoms with Gasteiger partial charge in [0, 0.05) is 19.3 Å². The van der Waals surface area contributed by atoms with Gasteiger partial charge in [-0.2, -0.15) is 0 Å². The summed E-state index contributed by atoms with van der Waals surface area (Å²) in [5, 5.41) is 12.1. The van der Waals surface area contributed by atoms with Crippen molar-refractivity contribution in [2.45, 2.75) is 24.9 Å². The normalized spacial score (nSPS) is 22.0. The number of hydrogen-bond acceptors (Lipinski definition) is 4. The first kappa shape index (κ1) is 13.4. The summed E-state index contributed by atoms with van der Waals surface area (Å²) in [5.41, 5.74) is 0. The van der Waals surface area contributed by atoms with Crippen molar-refractivity contribution in [3.05, 3.63) is 0 Å². The molecule has 0 amide bonds. The molecule has 5 heteroatoms. The van der Waals surface area contributed by atoms with Gasteiger partial charge in [-0.15, -0.1) is 0 Å². The highest BCUT2D eigenvalue weighted by molar-refractivity contribution is 5.74. The number of carboxylic acid groups (broad SMARTS) is 1. The van der Waals surface area contributed by atoms with Crippen LogP contribution in [0.3, 0.4) is 0 Å². The third kappa shape index (κ3) is 3.17. The first-order chi connectivity index (χ1) is 7.57. The molecule has 0 spiro atoms. The Bertz CT molecular complexity index is 227. The van der Waals surface area contributed by atoms with Gasteiger partial charge in [0.2, 0.25) is 0 Å². The van der Waals surface area contributed by atoms with Crippen LogP contribution in [0.5, 0.6) is 0 Å². The van der Waals surface area contributed by atoms with E-state index in [4.69, 9.17) is 4.74 Å². The van der Waals surface area contributed by atoms with Crippen LogP contribution in [-0.4, -0.2) is 62.4 Å². The van der Waals surface area contributed by atoms with Crippen LogP contribution in [0, 0.1) is 5.92 Å². The van der Waals surface area contributed by atoms with E-state index in [0.717, 1.165) is 26.1 Å². The molecule has 0 aromatic carbocycles. The molecule has 2 N–H and O–H groups in total. The fourth-order valence-corrected chi connectivity index (χ4v) is 2.49. The van der Waals surface area contributed by atoms with Crippen molar-refractivity contribution in [1.82, 2.24) is 10.2 Å². The van der Waals surface area contributed by atoms with Crippen molar-refractivity contribution in [1.29, 1.82) is 0 Å². The highest BCUT2D eigenvalue weighted by atomic mass is 16.5. The molecule has 16 heavy (non-hydrogen) atoms. The average Bonchev–Trinajstić information content (AvgIpc) is 2.25. The second-order valence-electron chi connectivity index (χ2n) is 4.51. The number of likely N-dealkylation sites (N-methyl/N-ethyl adjacent to an activating group) is 2. The Morgan fingerprint density at radius 1 is 1.44 bits per heavy atom. The molecule has 1 heterocycles. The van der Waals surface area contributed by atoms with Crippen LogP contribution >= 0.6 is 0 Å². The predicted molar refractivity (Wildman–Crippen MR) is 61.5 cm³/mol. The summed E-state index contributed by atoms with van der Waals surface area (Å²) >= 11 is 0. The van der Waals surface area contributed by atoms with Gasteiger partial charge in [0.1, 0.15) is 6.04 Å². The molecule has 2 atom stereocenters. The summed E-state index contributed by atoms with van der Waals surface area (Å²) in [6.45, 7) is 1.48. The summed E-state index contributed by atoms with van der Waals surface area (Å²) in [6, 6.07) is -0.496. The van der Waals surface area contributed by atoms with Crippen LogP contribution in [0.1, 0.15) is 12.8 Å². The number of rotatable bonds is 5. The molecule has 0 bridgehead atoms. The van der Waals surface area contributed by atoms with Gasteiger partial charge in [-0.3, -0.25) is 4.79 Å². The molecule has 1 fully saturated rings. The Labute approximate surface area is 96.8 Å². The van der Waals surface area contributed by atoms with Gasteiger partial charge in [0.25, 0.3) is 0 Å². The minimum atomic E-state index is -0.785. The van der Waals surface area contributed by atoms with E-state index in [1.807, 2.05) is 19.0 Å². The average molecular weight is 230 g/mol. The zero-order valence-electron chi connectivity index (χ0n) is 10.3. The lowest BCUT2D eigenvalue weighted by molar-refractivity contribution is -0.142. The van der Waals surface area contributed by atoms with E-state index in [0.29, 0.717) is 5.92 Å². The molecule has 1 aliphatic heterocycles. The largest absolute Gasteiger partial charge is 0.480 e. The molecular formula is C11H22N2O3. The smallest absolute Gasteiger partial charge is 0.322 e. The number of aliphatic carboxylic acids is 1. The lowest BCUT2D eigenvalue weighted by Crippen LogP contribution is -2.55. The van der Waals surface area contributed by atoms with Gasteiger partial charge >= 0.3 is 5.97 Å². The summed E-state index contributed by atoms with van der Waals surface area (Å²) in [6.07, 6.45) is 1.88. The second kappa shape index (κ2) is 6.18.